The Morgan fingerprint density at radius 2 is 1.87 bits per heavy atom. The molecule has 1 saturated carbocycles. The third-order valence-corrected chi connectivity index (χ3v) is 6.70. The second-order valence-electron chi connectivity index (χ2n) is 8.80. The predicted molar refractivity (Wildman–Crippen MR) is 108 cm³/mol. The Morgan fingerprint density at radius 3 is 2.48 bits per heavy atom. The van der Waals surface area contributed by atoms with E-state index in [1.54, 1.807) is 6.92 Å². The Labute approximate surface area is 178 Å². The van der Waals surface area contributed by atoms with Gasteiger partial charge in [-0.1, -0.05) is 0 Å². The first-order valence-corrected chi connectivity index (χ1v) is 10.6. The summed E-state index contributed by atoms with van der Waals surface area (Å²) in [4.78, 5) is 48.6. The fourth-order valence-electron chi connectivity index (χ4n) is 4.93. The molecule has 4 N–H and O–H groups in total. The molecule has 1 aromatic rings. The molecule has 1 aliphatic carbocycles. The van der Waals surface area contributed by atoms with Gasteiger partial charge in [-0.25, -0.2) is 4.79 Å². The standard InChI is InChI=1S/C21H27N3O7/c1-12-10-14(25)16(27)17(31-12)20(6-8-30-9-7-20)11-15(26)22-13-2-4-21(5-3-13)18(28)23-19(29)24-21/h10,13,27H,2-9,11H2,1H3,(H,22,26)(H2,23,24,28,29). The number of hydrogen-bond donors (Lipinski definition) is 4. The molecule has 3 heterocycles. The second-order valence-corrected chi connectivity index (χ2v) is 8.80. The van der Waals surface area contributed by atoms with Gasteiger partial charge in [0.25, 0.3) is 5.91 Å². The maximum Gasteiger partial charge on any atom is 0.322 e. The molecule has 3 aliphatic rings. The maximum absolute atomic E-state index is 13.0. The molecule has 1 aromatic heterocycles. The first-order chi connectivity index (χ1) is 14.7. The zero-order valence-electron chi connectivity index (χ0n) is 17.4. The largest absolute Gasteiger partial charge is 0.502 e. The normalized spacial score (nSPS) is 27.6. The number of nitrogens with one attached hydrogen (secondary N) is 3. The van der Waals surface area contributed by atoms with Crippen LogP contribution in [0.25, 0.3) is 0 Å². The van der Waals surface area contributed by atoms with E-state index in [1.807, 2.05) is 0 Å². The molecule has 0 bridgehead atoms. The van der Waals surface area contributed by atoms with Gasteiger partial charge >= 0.3 is 6.03 Å². The Bertz CT molecular complexity index is 956. The SMILES string of the molecule is Cc1cc(=O)c(O)c(C2(CC(=O)NC3CCC4(CC3)NC(=O)NC4=O)CCOCC2)o1. The summed E-state index contributed by atoms with van der Waals surface area (Å²) in [6.07, 6.45) is 2.95. The van der Waals surface area contributed by atoms with Crippen molar-refractivity contribution in [2.75, 3.05) is 13.2 Å². The van der Waals surface area contributed by atoms with Gasteiger partial charge in [0.2, 0.25) is 17.1 Å². The fraction of sp³-hybridized carbons (Fsp3) is 0.619. The quantitative estimate of drug-likeness (QED) is 0.512. The number of hydrogen-bond acceptors (Lipinski definition) is 7. The Morgan fingerprint density at radius 1 is 1.19 bits per heavy atom. The van der Waals surface area contributed by atoms with Crippen LogP contribution in [0.4, 0.5) is 4.79 Å². The molecule has 10 nitrogen and oxygen atoms in total. The van der Waals surface area contributed by atoms with Gasteiger partial charge in [0.15, 0.2) is 5.76 Å². The molecular weight excluding hydrogens is 406 g/mol. The van der Waals surface area contributed by atoms with Crippen molar-refractivity contribution >= 4 is 17.8 Å². The zero-order chi connectivity index (χ0) is 22.2. The molecule has 0 radical (unpaired) electrons. The summed E-state index contributed by atoms with van der Waals surface area (Å²) in [5.41, 5.74) is -2.23. The molecule has 3 fully saturated rings. The van der Waals surface area contributed by atoms with Gasteiger partial charge in [-0.05, 0) is 45.4 Å². The average Bonchev–Trinajstić information content (AvgIpc) is 3.00. The van der Waals surface area contributed by atoms with Crippen molar-refractivity contribution < 1.29 is 28.6 Å². The number of aromatic hydroxyl groups is 1. The van der Waals surface area contributed by atoms with Crippen LogP contribution in [0.1, 0.15) is 56.5 Å². The van der Waals surface area contributed by atoms with Crippen LogP contribution in [-0.2, 0) is 19.7 Å². The monoisotopic (exact) mass is 433 g/mol. The van der Waals surface area contributed by atoms with Gasteiger partial charge in [-0.2, -0.15) is 0 Å². The smallest absolute Gasteiger partial charge is 0.322 e. The molecule has 4 amide bonds. The van der Waals surface area contributed by atoms with Crippen LogP contribution >= 0.6 is 0 Å². The van der Waals surface area contributed by atoms with Crippen LogP contribution < -0.4 is 21.4 Å². The number of imide groups is 1. The molecule has 2 aliphatic heterocycles. The molecular formula is C21H27N3O7. The van der Waals surface area contributed by atoms with Crippen LogP contribution in [0.15, 0.2) is 15.3 Å². The highest BCUT2D eigenvalue weighted by Crippen LogP contribution is 2.41. The summed E-state index contributed by atoms with van der Waals surface area (Å²) >= 11 is 0. The lowest BCUT2D eigenvalue weighted by atomic mass is 9.74. The Hall–Kier alpha value is -2.88. The summed E-state index contributed by atoms with van der Waals surface area (Å²) < 4.78 is 11.2. The second kappa shape index (κ2) is 7.99. The topological polar surface area (TPSA) is 147 Å². The highest BCUT2D eigenvalue weighted by atomic mass is 16.5. The van der Waals surface area contributed by atoms with E-state index < -0.39 is 28.2 Å². The van der Waals surface area contributed by atoms with Gasteiger partial charge in [0, 0.05) is 37.2 Å². The molecule has 1 spiro atoms. The minimum absolute atomic E-state index is 0.0508. The number of carbonyl (C=O) groups is 3. The van der Waals surface area contributed by atoms with E-state index >= 15 is 0 Å². The van der Waals surface area contributed by atoms with E-state index in [0.29, 0.717) is 57.5 Å². The van der Waals surface area contributed by atoms with Crippen molar-refractivity contribution in [3.05, 3.63) is 27.8 Å². The van der Waals surface area contributed by atoms with Crippen molar-refractivity contribution in [1.29, 1.82) is 0 Å². The Kier molecular flexibility index (Phi) is 5.50. The summed E-state index contributed by atoms with van der Waals surface area (Å²) in [5.74, 6) is -0.468. The first kappa shape index (κ1) is 21.4. The molecule has 168 valence electrons. The van der Waals surface area contributed by atoms with Crippen molar-refractivity contribution in [1.82, 2.24) is 16.0 Å². The van der Waals surface area contributed by atoms with E-state index in [1.165, 1.54) is 6.07 Å². The average molecular weight is 433 g/mol. The first-order valence-electron chi connectivity index (χ1n) is 10.6. The predicted octanol–water partition coefficient (Wildman–Crippen LogP) is 0.729. The lowest BCUT2D eigenvalue weighted by molar-refractivity contribution is -0.126. The summed E-state index contributed by atoms with van der Waals surface area (Å²) in [6, 6.07) is 0.619. The third-order valence-electron chi connectivity index (χ3n) is 6.70. The highest BCUT2D eigenvalue weighted by Gasteiger charge is 2.48. The van der Waals surface area contributed by atoms with Crippen molar-refractivity contribution in [3.8, 4) is 5.75 Å². The van der Waals surface area contributed by atoms with Crippen molar-refractivity contribution in [2.24, 2.45) is 0 Å². The van der Waals surface area contributed by atoms with Crippen LogP contribution in [0.5, 0.6) is 5.75 Å². The molecule has 10 heteroatoms. The molecule has 0 aromatic carbocycles. The van der Waals surface area contributed by atoms with E-state index in [0.717, 1.165) is 0 Å². The number of amides is 4. The number of urea groups is 1. The molecule has 4 rings (SSSR count). The summed E-state index contributed by atoms with van der Waals surface area (Å²) in [5, 5.41) is 18.4. The lowest BCUT2D eigenvalue weighted by Crippen LogP contribution is -2.53. The van der Waals surface area contributed by atoms with Crippen LogP contribution in [0, 0.1) is 6.92 Å². The van der Waals surface area contributed by atoms with E-state index in [4.69, 9.17) is 9.15 Å². The fourth-order valence-corrected chi connectivity index (χ4v) is 4.93. The van der Waals surface area contributed by atoms with Gasteiger partial charge in [0.05, 0.1) is 0 Å². The van der Waals surface area contributed by atoms with Gasteiger partial charge < -0.3 is 24.9 Å². The molecule has 0 unspecified atom stereocenters. The van der Waals surface area contributed by atoms with E-state index in [9.17, 15) is 24.3 Å². The minimum atomic E-state index is -0.878. The number of aryl methyl sites for hydroxylation is 1. The Balaban J connectivity index is 1.46. The summed E-state index contributed by atoms with van der Waals surface area (Å²) in [7, 11) is 0. The molecule has 0 atom stereocenters. The van der Waals surface area contributed by atoms with Gasteiger partial charge in [-0.3, -0.25) is 19.7 Å². The van der Waals surface area contributed by atoms with E-state index in [2.05, 4.69) is 16.0 Å². The van der Waals surface area contributed by atoms with Crippen LogP contribution in [0.2, 0.25) is 0 Å². The maximum atomic E-state index is 13.0. The molecule has 2 saturated heterocycles. The van der Waals surface area contributed by atoms with Crippen LogP contribution in [0.3, 0.4) is 0 Å². The van der Waals surface area contributed by atoms with Gasteiger partial charge in [0.1, 0.15) is 11.3 Å². The van der Waals surface area contributed by atoms with Gasteiger partial charge in [-0.15, -0.1) is 0 Å². The zero-order valence-corrected chi connectivity index (χ0v) is 17.4. The minimum Gasteiger partial charge on any atom is -0.502 e. The number of rotatable bonds is 4. The summed E-state index contributed by atoms with van der Waals surface area (Å²) in [6.45, 7) is 2.42. The third kappa shape index (κ3) is 4.04. The van der Waals surface area contributed by atoms with Crippen molar-refractivity contribution in [2.45, 2.75) is 68.9 Å². The number of ether oxygens (including phenoxy) is 1. The van der Waals surface area contributed by atoms with Crippen molar-refractivity contribution in [3.63, 3.8) is 0 Å². The number of carbonyl (C=O) groups excluding carboxylic acids is 3. The molecule has 31 heavy (non-hydrogen) atoms. The highest BCUT2D eigenvalue weighted by molar-refractivity contribution is 6.07. The lowest BCUT2D eigenvalue weighted by Gasteiger charge is -2.37. The van der Waals surface area contributed by atoms with E-state index in [-0.39, 0.29) is 30.0 Å². The van der Waals surface area contributed by atoms with Crippen LogP contribution in [-0.4, -0.2) is 47.7 Å².